The van der Waals surface area contributed by atoms with Gasteiger partial charge in [0.25, 0.3) is 5.91 Å². The van der Waals surface area contributed by atoms with Crippen molar-refractivity contribution in [3.8, 4) is 5.75 Å². The average molecular weight is 360 g/mol. The Morgan fingerprint density at radius 2 is 1.85 bits per heavy atom. The van der Waals surface area contributed by atoms with Crippen molar-refractivity contribution in [1.29, 1.82) is 0 Å². The van der Waals surface area contributed by atoms with E-state index in [-0.39, 0.29) is 30.4 Å². The lowest BCUT2D eigenvalue weighted by molar-refractivity contribution is -0.137. The highest BCUT2D eigenvalue weighted by Crippen LogP contribution is 2.24. The summed E-state index contributed by atoms with van der Waals surface area (Å²) in [7, 11) is 0. The van der Waals surface area contributed by atoms with Crippen molar-refractivity contribution in [3.63, 3.8) is 0 Å². The van der Waals surface area contributed by atoms with Gasteiger partial charge >= 0.3 is 0 Å². The molecule has 2 rings (SSSR count). The lowest BCUT2D eigenvalue weighted by atomic mass is 9.95. The van der Waals surface area contributed by atoms with E-state index < -0.39 is 0 Å². The molecule has 1 aromatic carbocycles. The largest absolute Gasteiger partial charge is 0.484 e. The zero-order valence-corrected chi connectivity index (χ0v) is 16.7. The quantitative estimate of drug-likeness (QED) is 0.847. The Morgan fingerprint density at radius 1 is 1.19 bits per heavy atom. The van der Waals surface area contributed by atoms with Crippen LogP contribution in [0, 0.1) is 12.8 Å². The number of ether oxygens (including phenoxy) is 1. The summed E-state index contributed by atoms with van der Waals surface area (Å²) in [5.41, 5.74) is 2.48. The SMILES string of the molecule is Cc1cc(OCC(=O)N2CCC(C(=O)NC(C)C)CC2)ccc1C(C)C. The molecule has 0 unspecified atom stereocenters. The van der Waals surface area contributed by atoms with Crippen molar-refractivity contribution in [3.05, 3.63) is 29.3 Å². The summed E-state index contributed by atoms with van der Waals surface area (Å²) in [4.78, 5) is 26.3. The van der Waals surface area contributed by atoms with Gasteiger partial charge in [-0.2, -0.15) is 0 Å². The predicted molar refractivity (Wildman–Crippen MR) is 103 cm³/mol. The maximum Gasteiger partial charge on any atom is 0.260 e. The number of nitrogens with zero attached hydrogens (tertiary/aromatic N) is 1. The van der Waals surface area contributed by atoms with Crippen LogP contribution in [-0.2, 0) is 9.59 Å². The smallest absolute Gasteiger partial charge is 0.260 e. The van der Waals surface area contributed by atoms with Crippen LogP contribution < -0.4 is 10.1 Å². The van der Waals surface area contributed by atoms with Crippen LogP contribution >= 0.6 is 0 Å². The molecular formula is C21H32N2O3. The van der Waals surface area contributed by atoms with Crippen molar-refractivity contribution in [2.45, 2.75) is 59.4 Å². The van der Waals surface area contributed by atoms with Crippen molar-refractivity contribution >= 4 is 11.8 Å². The molecular weight excluding hydrogens is 328 g/mol. The molecule has 0 saturated carbocycles. The lowest BCUT2D eigenvalue weighted by Crippen LogP contribution is -2.45. The van der Waals surface area contributed by atoms with Gasteiger partial charge in [0.15, 0.2) is 6.61 Å². The molecule has 1 aliphatic heterocycles. The van der Waals surface area contributed by atoms with Crippen molar-refractivity contribution < 1.29 is 14.3 Å². The Hall–Kier alpha value is -2.04. The highest BCUT2D eigenvalue weighted by molar-refractivity contribution is 5.80. The highest BCUT2D eigenvalue weighted by atomic mass is 16.5. The first-order valence-electron chi connectivity index (χ1n) is 9.59. The van der Waals surface area contributed by atoms with E-state index in [9.17, 15) is 9.59 Å². The minimum atomic E-state index is -0.0155. The van der Waals surface area contributed by atoms with Crippen molar-refractivity contribution in [2.24, 2.45) is 5.92 Å². The molecule has 1 aliphatic rings. The van der Waals surface area contributed by atoms with Gasteiger partial charge in [-0.05, 0) is 62.8 Å². The summed E-state index contributed by atoms with van der Waals surface area (Å²) in [6.45, 7) is 11.6. The van der Waals surface area contributed by atoms with Gasteiger partial charge in [-0.3, -0.25) is 9.59 Å². The van der Waals surface area contributed by atoms with Gasteiger partial charge in [-0.1, -0.05) is 19.9 Å². The molecule has 5 nitrogen and oxygen atoms in total. The first-order chi connectivity index (χ1) is 12.3. The van der Waals surface area contributed by atoms with Crippen molar-refractivity contribution in [2.75, 3.05) is 19.7 Å². The molecule has 1 N–H and O–H groups in total. The number of hydrogen-bond acceptors (Lipinski definition) is 3. The van der Waals surface area contributed by atoms with E-state index in [1.54, 1.807) is 4.90 Å². The number of amides is 2. The van der Waals surface area contributed by atoms with E-state index in [4.69, 9.17) is 4.74 Å². The van der Waals surface area contributed by atoms with Crippen molar-refractivity contribution in [1.82, 2.24) is 10.2 Å². The van der Waals surface area contributed by atoms with Gasteiger partial charge in [0, 0.05) is 25.0 Å². The molecule has 144 valence electrons. The van der Waals surface area contributed by atoms with Gasteiger partial charge in [-0.25, -0.2) is 0 Å². The summed E-state index contributed by atoms with van der Waals surface area (Å²) in [6, 6.07) is 6.14. The van der Waals surface area contributed by atoms with Gasteiger partial charge in [0.2, 0.25) is 5.91 Å². The summed E-state index contributed by atoms with van der Waals surface area (Å²) in [5, 5.41) is 2.95. The van der Waals surface area contributed by atoms with E-state index in [0.717, 1.165) is 5.75 Å². The fourth-order valence-electron chi connectivity index (χ4n) is 3.42. The third kappa shape index (κ3) is 5.48. The second kappa shape index (κ2) is 9.06. The first kappa shape index (κ1) is 20.3. The Kier molecular flexibility index (Phi) is 7.06. The Balaban J connectivity index is 1.81. The maximum absolute atomic E-state index is 12.4. The molecule has 0 aromatic heterocycles. The third-order valence-electron chi connectivity index (χ3n) is 4.87. The van der Waals surface area contributed by atoms with Crippen LogP contribution in [0.5, 0.6) is 5.75 Å². The summed E-state index contributed by atoms with van der Waals surface area (Å²) in [6.07, 6.45) is 1.43. The number of rotatable bonds is 6. The summed E-state index contributed by atoms with van der Waals surface area (Å²) >= 11 is 0. The van der Waals surface area contributed by atoms with E-state index >= 15 is 0 Å². The van der Waals surface area contributed by atoms with Crippen LogP contribution in [0.1, 0.15) is 57.6 Å². The average Bonchev–Trinajstić information content (AvgIpc) is 2.59. The Morgan fingerprint density at radius 3 is 2.38 bits per heavy atom. The van der Waals surface area contributed by atoms with E-state index in [0.29, 0.717) is 31.8 Å². The van der Waals surface area contributed by atoms with Gasteiger partial charge < -0.3 is 15.0 Å². The Labute approximate surface area is 157 Å². The predicted octanol–water partition coefficient (Wildman–Crippen LogP) is 3.26. The molecule has 2 amide bonds. The normalized spacial score (nSPS) is 15.4. The topological polar surface area (TPSA) is 58.6 Å². The van der Waals surface area contributed by atoms with Crippen LogP contribution in [0.2, 0.25) is 0 Å². The first-order valence-corrected chi connectivity index (χ1v) is 9.59. The highest BCUT2D eigenvalue weighted by Gasteiger charge is 2.27. The number of carbonyl (C=O) groups is 2. The van der Waals surface area contributed by atoms with E-state index in [1.165, 1.54) is 11.1 Å². The van der Waals surface area contributed by atoms with Crippen LogP contribution in [-0.4, -0.2) is 42.5 Å². The van der Waals surface area contributed by atoms with Crippen LogP contribution in [0.3, 0.4) is 0 Å². The minimum Gasteiger partial charge on any atom is -0.484 e. The molecule has 5 heteroatoms. The monoisotopic (exact) mass is 360 g/mol. The molecule has 0 aliphatic carbocycles. The third-order valence-corrected chi connectivity index (χ3v) is 4.87. The molecule has 0 radical (unpaired) electrons. The zero-order chi connectivity index (χ0) is 19.3. The number of piperidine rings is 1. The fraction of sp³-hybridized carbons (Fsp3) is 0.619. The van der Waals surface area contributed by atoms with Gasteiger partial charge in [0.05, 0.1) is 0 Å². The number of nitrogens with one attached hydrogen (secondary N) is 1. The summed E-state index contributed by atoms with van der Waals surface area (Å²) < 4.78 is 5.69. The van der Waals surface area contributed by atoms with Crippen LogP contribution in [0.15, 0.2) is 18.2 Å². The molecule has 0 spiro atoms. The molecule has 26 heavy (non-hydrogen) atoms. The fourth-order valence-corrected chi connectivity index (χ4v) is 3.42. The van der Waals surface area contributed by atoms with Gasteiger partial charge in [0.1, 0.15) is 5.75 Å². The summed E-state index contributed by atoms with van der Waals surface area (Å²) in [5.74, 6) is 1.29. The van der Waals surface area contributed by atoms with E-state index in [2.05, 4.69) is 32.2 Å². The molecule has 1 heterocycles. The zero-order valence-electron chi connectivity index (χ0n) is 16.7. The minimum absolute atomic E-state index is 0.00796. The molecule has 0 atom stereocenters. The van der Waals surface area contributed by atoms with Crippen LogP contribution in [0.4, 0.5) is 0 Å². The second-order valence-corrected chi connectivity index (χ2v) is 7.78. The number of hydrogen-bond donors (Lipinski definition) is 1. The van der Waals surface area contributed by atoms with E-state index in [1.807, 2.05) is 26.0 Å². The second-order valence-electron chi connectivity index (χ2n) is 7.78. The molecule has 1 aromatic rings. The van der Waals surface area contributed by atoms with Gasteiger partial charge in [-0.15, -0.1) is 0 Å². The Bertz CT molecular complexity index is 632. The van der Waals surface area contributed by atoms with Crippen LogP contribution in [0.25, 0.3) is 0 Å². The standard InChI is InChI=1S/C21H32N2O3/c1-14(2)19-7-6-18(12-16(19)5)26-13-20(24)23-10-8-17(9-11-23)21(25)22-15(3)4/h6-7,12,14-15,17H,8-11,13H2,1-5H3,(H,22,25). The number of benzene rings is 1. The number of likely N-dealkylation sites (tertiary alicyclic amines) is 1. The molecule has 0 bridgehead atoms. The number of aryl methyl sites for hydroxylation is 1. The molecule has 1 saturated heterocycles. The molecule has 1 fully saturated rings. The maximum atomic E-state index is 12.4. The lowest BCUT2D eigenvalue weighted by Gasteiger charge is -2.31. The number of carbonyl (C=O) groups excluding carboxylic acids is 2.